The Balaban J connectivity index is 1.85. The van der Waals surface area contributed by atoms with E-state index in [1.807, 2.05) is 0 Å². The summed E-state index contributed by atoms with van der Waals surface area (Å²) in [4.78, 5) is 92.1. The van der Waals surface area contributed by atoms with Crippen LogP contribution in [0.25, 0.3) is 43.5 Å². The van der Waals surface area contributed by atoms with Gasteiger partial charge in [-0.15, -0.1) is 0 Å². The molecule has 0 radical (unpaired) electrons. The van der Waals surface area contributed by atoms with Crippen LogP contribution in [0.3, 0.4) is 0 Å². The van der Waals surface area contributed by atoms with Crippen molar-refractivity contribution in [2.24, 2.45) is 0 Å². The van der Waals surface area contributed by atoms with Crippen molar-refractivity contribution >= 4 is 73.3 Å². The van der Waals surface area contributed by atoms with Crippen LogP contribution in [-0.4, -0.2) is 49.2 Å². The maximum atomic E-state index is 14.4. The van der Waals surface area contributed by atoms with E-state index >= 15 is 0 Å². The highest BCUT2D eigenvalue weighted by atomic mass is 16.6. The molecule has 0 saturated carbocycles. The second kappa shape index (κ2) is 11.0. The maximum absolute atomic E-state index is 14.4. The predicted octanol–water partition coefficient (Wildman–Crippen LogP) is 4.04. The Morgan fingerprint density at radius 3 is 1.86 bits per heavy atom. The third kappa shape index (κ3) is 4.65. The standard InChI is InChI=1S/C35H26O14/c1-11-7-16-9-17-22-26-20(43-6)10-19(39)25-27(26)29(18-8-12(2)45-35(42)24(18)31(25)47-14(4)37)49-32(22)33(48-15(5)38)28(40)23(17)30(46-13(3)36)21(16)34(41)44-11/h9-12H,7-8H2,1-6H3. The van der Waals surface area contributed by atoms with Crippen LogP contribution in [-0.2, 0) is 36.7 Å². The molecule has 0 amide bonds. The number of esters is 5. The van der Waals surface area contributed by atoms with Gasteiger partial charge >= 0.3 is 29.8 Å². The lowest BCUT2D eigenvalue weighted by Gasteiger charge is -2.27. The normalized spacial score (nSPS) is 17.0. The van der Waals surface area contributed by atoms with Gasteiger partial charge in [-0.3, -0.25) is 24.0 Å². The van der Waals surface area contributed by atoms with Gasteiger partial charge in [-0.25, -0.2) is 9.59 Å². The zero-order valence-electron chi connectivity index (χ0n) is 26.9. The van der Waals surface area contributed by atoms with Crippen molar-refractivity contribution in [2.75, 3.05) is 7.11 Å². The fraction of sp³-hybridized carbons (Fsp3) is 0.286. The van der Waals surface area contributed by atoms with Crippen molar-refractivity contribution in [3.05, 3.63) is 54.8 Å². The van der Waals surface area contributed by atoms with E-state index in [0.717, 1.165) is 26.8 Å². The molecular formula is C35H26O14. The van der Waals surface area contributed by atoms with E-state index in [-0.39, 0.29) is 84.5 Å². The van der Waals surface area contributed by atoms with Crippen LogP contribution in [0.15, 0.2) is 26.1 Å². The molecule has 0 saturated heterocycles. The zero-order valence-corrected chi connectivity index (χ0v) is 26.9. The number of ether oxygens (including phenoxy) is 6. The van der Waals surface area contributed by atoms with Gasteiger partial charge in [0, 0.05) is 66.8 Å². The van der Waals surface area contributed by atoms with E-state index in [4.69, 9.17) is 32.8 Å². The summed E-state index contributed by atoms with van der Waals surface area (Å²) >= 11 is 0. The number of hydrogen-bond donors (Lipinski definition) is 0. The SMILES string of the molecule is COc1cc(=O)c2c(OC(C)=O)c3c(c4oc5c(OC(C)=O)c(=O)c6c(OC(C)=O)c7c(cc6c5c1c42)CC(C)OC7=O)CC(C)OC3=O. The van der Waals surface area contributed by atoms with Crippen molar-refractivity contribution in [1.29, 1.82) is 0 Å². The third-order valence-corrected chi connectivity index (χ3v) is 8.45. The van der Waals surface area contributed by atoms with Crippen molar-refractivity contribution in [3.63, 3.8) is 0 Å². The molecule has 14 nitrogen and oxygen atoms in total. The van der Waals surface area contributed by atoms with Gasteiger partial charge in [0.05, 0.1) is 17.9 Å². The topological polar surface area (TPSA) is 188 Å². The Bertz CT molecular complexity index is 2510. The Morgan fingerprint density at radius 2 is 1.24 bits per heavy atom. The molecule has 4 aromatic carbocycles. The number of hydrogen-bond acceptors (Lipinski definition) is 14. The molecule has 0 spiro atoms. The van der Waals surface area contributed by atoms with Crippen molar-refractivity contribution in [3.8, 4) is 23.0 Å². The molecule has 2 atom stereocenters. The Hall–Kier alpha value is -6.05. The van der Waals surface area contributed by atoms with Gasteiger partial charge in [-0.1, -0.05) is 0 Å². The van der Waals surface area contributed by atoms with Gasteiger partial charge < -0.3 is 32.8 Å². The minimum absolute atomic E-state index is 0.0169. The zero-order chi connectivity index (χ0) is 35.2. The van der Waals surface area contributed by atoms with Gasteiger partial charge in [0.25, 0.3) is 0 Å². The fourth-order valence-corrected chi connectivity index (χ4v) is 6.86. The van der Waals surface area contributed by atoms with E-state index in [0.29, 0.717) is 5.56 Å². The summed E-state index contributed by atoms with van der Waals surface area (Å²) < 4.78 is 39.6. The van der Waals surface area contributed by atoms with Crippen LogP contribution in [0.5, 0.6) is 23.0 Å². The molecule has 1 aromatic heterocycles. The quantitative estimate of drug-likeness (QED) is 0.115. The van der Waals surface area contributed by atoms with Gasteiger partial charge in [-0.2, -0.15) is 0 Å². The molecule has 5 aromatic rings. The van der Waals surface area contributed by atoms with Crippen LogP contribution >= 0.6 is 0 Å². The highest BCUT2D eigenvalue weighted by Crippen LogP contribution is 2.50. The number of methoxy groups -OCH3 is 1. The lowest BCUT2D eigenvalue weighted by atomic mass is 9.87. The van der Waals surface area contributed by atoms with Gasteiger partial charge in [0.15, 0.2) is 22.5 Å². The number of fused-ring (bicyclic) bond motifs is 7. The summed E-state index contributed by atoms with van der Waals surface area (Å²) in [7, 11) is 1.30. The lowest BCUT2D eigenvalue weighted by molar-refractivity contribution is -0.132. The summed E-state index contributed by atoms with van der Waals surface area (Å²) in [5.41, 5.74) is -1.79. The minimum atomic E-state index is -0.966. The first-order valence-corrected chi connectivity index (χ1v) is 15.1. The summed E-state index contributed by atoms with van der Waals surface area (Å²) in [5.74, 6) is -5.72. The van der Waals surface area contributed by atoms with E-state index in [9.17, 15) is 33.6 Å². The molecule has 3 heterocycles. The van der Waals surface area contributed by atoms with Crippen LogP contribution in [0, 0.1) is 0 Å². The molecule has 0 fully saturated rings. The first kappa shape index (κ1) is 31.5. The molecule has 2 aliphatic heterocycles. The van der Waals surface area contributed by atoms with Crippen LogP contribution in [0.4, 0.5) is 0 Å². The second-order valence-corrected chi connectivity index (χ2v) is 12.0. The van der Waals surface area contributed by atoms with Crippen molar-refractivity contribution in [2.45, 2.75) is 59.7 Å². The third-order valence-electron chi connectivity index (χ3n) is 8.45. The minimum Gasteiger partial charge on any atom is -0.496 e. The van der Waals surface area contributed by atoms with Crippen LogP contribution < -0.4 is 29.8 Å². The largest absolute Gasteiger partial charge is 0.496 e. The summed E-state index contributed by atoms with van der Waals surface area (Å²) in [6, 6.07) is 2.65. The van der Waals surface area contributed by atoms with Gasteiger partial charge in [0.2, 0.25) is 11.2 Å². The number of carbonyl (C=O) groups excluding carboxylic acids is 5. The molecule has 2 unspecified atom stereocenters. The monoisotopic (exact) mass is 670 g/mol. The van der Waals surface area contributed by atoms with E-state index in [2.05, 4.69) is 0 Å². The van der Waals surface area contributed by atoms with Gasteiger partial charge in [0.1, 0.15) is 34.7 Å². The average Bonchev–Trinajstić information content (AvgIpc) is 2.99. The van der Waals surface area contributed by atoms with Gasteiger partial charge in [-0.05, 0) is 25.5 Å². The predicted molar refractivity (Wildman–Crippen MR) is 170 cm³/mol. The summed E-state index contributed by atoms with van der Waals surface area (Å²) in [5, 5.41) is -0.156. The highest BCUT2D eigenvalue weighted by Gasteiger charge is 2.38. The molecule has 0 aliphatic carbocycles. The molecule has 2 aliphatic rings. The highest BCUT2D eigenvalue weighted by molar-refractivity contribution is 6.31. The Morgan fingerprint density at radius 1 is 0.673 bits per heavy atom. The smallest absolute Gasteiger partial charge is 0.342 e. The van der Waals surface area contributed by atoms with Crippen LogP contribution in [0.1, 0.15) is 66.5 Å². The number of rotatable bonds is 4. The maximum Gasteiger partial charge on any atom is 0.342 e. The summed E-state index contributed by atoms with van der Waals surface area (Å²) in [6.07, 6.45) is -1.04. The molecule has 0 bridgehead atoms. The Labute approximate surface area is 274 Å². The van der Waals surface area contributed by atoms with E-state index in [1.165, 1.54) is 7.11 Å². The van der Waals surface area contributed by atoms with E-state index in [1.54, 1.807) is 19.9 Å². The molecular weight excluding hydrogens is 644 g/mol. The van der Waals surface area contributed by atoms with Crippen molar-refractivity contribution in [1.82, 2.24) is 0 Å². The average molecular weight is 671 g/mol. The first-order chi connectivity index (χ1) is 23.2. The lowest BCUT2D eigenvalue weighted by Crippen LogP contribution is -2.27. The number of benzene rings is 4. The van der Waals surface area contributed by atoms with E-state index < -0.39 is 64.4 Å². The molecule has 7 rings (SSSR count). The second-order valence-electron chi connectivity index (χ2n) is 12.0. The number of cyclic esters (lactones) is 2. The molecule has 0 N–H and O–H groups in total. The Kier molecular flexibility index (Phi) is 7.08. The molecule has 14 heteroatoms. The molecule has 250 valence electrons. The fourth-order valence-electron chi connectivity index (χ4n) is 6.86. The first-order valence-electron chi connectivity index (χ1n) is 15.1. The summed E-state index contributed by atoms with van der Waals surface area (Å²) in [6.45, 7) is 6.55. The van der Waals surface area contributed by atoms with Crippen molar-refractivity contribution < 1.29 is 56.8 Å². The number of carbonyl (C=O) groups is 5. The molecule has 49 heavy (non-hydrogen) atoms. The van der Waals surface area contributed by atoms with Crippen LogP contribution in [0.2, 0.25) is 0 Å².